The van der Waals surface area contributed by atoms with Crippen LogP contribution < -0.4 is 16.6 Å². The van der Waals surface area contributed by atoms with Gasteiger partial charge in [0.05, 0.1) is 21.8 Å². The van der Waals surface area contributed by atoms with Crippen LogP contribution in [0.1, 0.15) is 42.6 Å². The summed E-state index contributed by atoms with van der Waals surface area (Å²) in [6.45, 7) is 5.91. The maximum Gasteiger partial charge on any atom is 0.266 e. The number of nitrogens with one attached hydrogen (secondary N) is 1. The Morgan fingerprint density at radius 2 is 1.60 bits per heavy atom. The Hall–Kier alpha value is -3.91. The third-order valence-corrected chi connectivity index (χ3v) is 6.69. The van der Waals surface area contributed by atoms with E-state index in [9.17, 15) is 14.4 Å². The van der Waals surface area contributed by atoms with Gasteiger partial charge in [-0.25, -0.2) is 4.98 Å². The average Bonchev–Trinajstić information content (AvgIpc) is 2.84. The van der Waals surface area contributed by atoms with Crippen molar-refractivity contribution in [2.24, 2.45) is 5.73 Å². The fourth-order valence-corrected chi connectivity index (χ4v) is 4.68. The number of primary amides is 1. The molecule has 7 nitrogen and oxygen atoms in total. The highest BCUT2D eigenvalue weighted by atomic mass is 32.2. The molecule has 3 N–H and O–H groups in total. The van der Waals surface area contributed by atoms with Gasteiger partial charge in [0.1, 0.15) is 0 Å². The Labute approximate surface area is 207 Å². The van der Waals surface area contributed by atoms with E-state index < -0.39 is 11.2 Å². The third kappa shape index (κ3) is 5.12. The lowest BCUT2D eigenvalue weighted by Crippen LogP contribution is -2.27. The molecule has 1 heterocycles. The van der Waals surface area contributed by atoms with Gasteiger partial charge in [-0.1, -0.05) is 55.9 Å². The minimum Gasteiger partial charge on any atom is -0.366 e. The summed E-state index contributed by atoms with van der Waals surface area (Å²) in [5, 5.41) is 3.24. The first kappa shape index (κ1) is 24.2. The summed E-state index contributed by atoms with van der Waals surface area (Å²) in [6, 6.07) is 21.3. The highest BCUT2D eigenvalue weighted by Gasteiger charge is 2.22. The average molecular weight is 487 g/mol. The smallest absolute Gasteiger partial charge is 0.266 e. The van der Waals surface area contributed by atoms with Gasteiger partial charge in [0.25, 0.3) is 5.56 Å². The van der Waals surface area contributed by atoms with Crippen LogP contribution in [0.25, 0.3) is 16.6 Å². The number of fused-ring (bicyclic) bond motifs is 1. The van der Waals surface area contributed by atoms with Gasteiger partial charge in [0.2, 0.25) is 11.8 Å². The van der Waals surface area contributed by atoms with E-state index in [1.165, 1.54) is 11.8 Å². The fraction of sp³-hybridized carbons (Fsp3) is 0.185. The summed E-state index contributed by atoms with van der Waals surface area (Å²) in [7, 11) is 0. The number of anilines is 1. The Kier molecular flexibility index (Phi) is 7.02. The molecule has 4 rings (SSSR count). The number of amides is 2. The number of nitrogens with two attached hydrogens (primary N) is 1. The fourth-order valence-electron chi connectivity index (χ4n) is 3.76. The van der Waals surface area contributed by atoms with Gasteiger partial charge in [-0.2, -0.15) is 0 Å². The van der Waals surface area contributed by atoms with E-state index >= 15 is 0 Å². The lowest BCUT2D eigenvalue weighted by molar-refractivity contribution is -0.115. The van der Waals surface area contributed by atoms with Crippen molar-refractivity contribution in [3.05, 3.63) is 94.3 Å². The maximum atomic E-state index is 13.6. The van der Waals surface area contributed by atoms with E-state index in [1.54, 1.807) is 47.9 Å². The molecule has 0 saturated heterocycles. The molecule has 4 aromatic rings. The number of benzene rings is 3. The van der Waals surface area contributed by atoms with E-state index in [1.807, 2.05) is 36.4 Å². The normalized spacial score (nSPS) is 12.0. The molecule has 2 amide bonds. The van der Waals surface area contributed by atoms with Crippen LogP contribution >= 0.6 is 11.8 Å². The van der Waals surface area contributed by atoms with E-state index in [4.69, 9.17) is 10.7 Å². The number of carbonyl (C=O) groups is 2. The zero-order valence-electron chi connectivity index (χ0n) is 19.7. The van der Waals surface area contributed by atoms with E-state index in [-0.39, 0.29) is 17.4 Å². The van der Waals surface area contributed by atoms with Crippen molar-refractivity contribution in [3.8, 4) is 5.69 Å². The summed E-state index contributed by atoms with van der Waals surface area (Å²) in [5.41, 5.74) is 8.34. The molecule has 1 aromatic heterocycles. The molecule has 0 aliphatic rings. The molecular formula is C27H26N4O3S. The molecule has 0 aliphatic carbocycles. The van der Waals surface area contributed by atoms with Crippen molar-refractivity contribution in [2.45, 2.75) is 37.1 Å². The number of hydrogen-bond donors (Lipinski definition) is 2. The third-order valence-electron chi connectivity index (χ3n) is 5.63. The standard InChI is InChI=1S/C27H26N4O3S/c1-16(2)20-8-5-7-11-23(20)31-26(34)21-9-4-6-10-22(21)30-27(31)35-17(3)25(33)29-19-14-12-18(13-15-19)24(28)32/h4-17H,1-3H3,(H2,28,32)(H,29,33). The first-order valence-electron chi connectivity index (χ1n) is 11.2. The van der Waals surface area contributed by atoms with Gasteiger partial charge in [0.15, 0.2) is 5.16 Å². The van der Waals surface area contributed by atoms with Crippen LogP contribution in [0.2, 0.25) is 0 Å². The molecule has 1 unspecified atom stereocenters. The second-order valence-corrected chi connectivity index (χ2v) is 9.76. The maximum absolute atomic E-state index is 13.6. The molecule has 35 heavy (non-hydrogen) atoms. The number of hydrogen-bond acceptors (Lipinski definition) is 5. The highest BCUT2D eigenvalue weighted by molar-refractivity contribution is 8.00. The number of carbonyl (C=O) groups excluding carboxylic acids is 2. The van der Waals surface area contributed by atoms with Gasteiger partial charge in [0, 0.05) is 11.3 Å². The van der Waals surface area contributed by atoms with Crippen LogP contribution in [0, 0.1) is 0 Å². The quantitative estimate of drug-likeness (QED) is 0.290. The zero-order valence-corrected chi connectivity index (χ0v) is 20.5. The van der Waals surface area contributed by atoms with Gasteiger partial charge in [-0.15, -0.1) is 0 Å². The molecule has 0 saturated carbocycles. The SMILES string of the molecule is CC(Sc1nc2ccccc2c(=O)n1-c1ccccc1C(C)C)C(=O)Nc1ccc(C(N)=O)cc1. The van der Waals surface area contributed by atoms with Crippen molar-refractivity contribution in [1.29, 1.82) is 0 Å². The summed E-state index contributed by atoms with van der Waals surface area (Å²) >= 11 is 1.22. The highest BCUT2D eigenvalue weighted by Crippen LogP contribution is 2.29. The number of nitrogens with zero attached hydrogens (tertiary/aromatic N) is 2. The van der Waals surface area contributed by atoms with Crippen molar-refractivity contribution in [2.75, 3.05) is 5.32 Å². The molecule has 0 bridgehead atoms. The molecule has 0 aliphatic heterocycles. The van der Waals surface area contributed by atoms with E-state index in [0.29, 0.717) is 27.3 Å². The monoisotopic (exact) mass is 486 g/mol. The first-order chi connectivity index (χ1) is 16.8. The molecule has 0 radical (unpaired) electrons. The van der Waals surface area contributed by atoms with Crippen LogP contribution in [0.5, 0.6) is 0 Å². The van der Waals surface area contributed by atoms with E-state index in [2.05, 4.69) is 19.2 Å². The van der Waals surface area contributed by atoms with Gasteiger partial charge < -0.3 is 11.1 Å². The van der Waals surface area contributed by atoms with Gasteiger partial charge in [-0.05, 0) is 60.9 Å². The Morgan fingerprint density at radius 1 is 0.943 bits per heavy atom. The number of aromatic nitrogens is 2. The predicted molar refractivity (Wildman–Crippen MR) is 140 cm³/mol. The molecule has 0 spiro atoms. The van der Waals surface area contributed by atoms with Gasteiger partial charge >= 0.3 is 0 Å². The first-order valence-corrected chi connectivity index (χ1v) is 12.1. The Bertz CT molecular complexity index is 1460. The molecule has 3 aromatic carbocycles. The topological polar surface area (TPSA) is 107 Å². The van der Waals surface area contributed by atoms with Crippen LogP contribution in [0.4, 0.5) is 5.69 Å². The van der Waals surface area contributed by atoms with Crippen LogP contribution in [0.3, 0.4) is 0 Å². The lowest BCUT2D eigenvalue weighted by Gasteiger charge is -2.19. The predicted octanol–water partition coefficient (Wildman–Crippen LogP) is 4.73. The van der Waals surface area contributed by atoms with Crippen LogP contribution in [0.15, 0.2) is 82.7 Å². The summed E-state index contributed by atoms with van der Waals surface area (Å²) < 4.78 is 1.60. The molecule has 8 heteroatoms. The minimum absolute atomic E-state index is 0.180. The molecule has 178 valence electrons. The minimum atomic E-state index is -0.559. The van der Waals surface area contributed by atoms with Crippen molar-refractivity contribution < 1.29 is 9.59 Å². The second kappa shape index (κ2) is 10.1. The number of rotatable bonds is 7. The molecule has 1 atom stereocenters. The van der Waals surface area contributed by atoms with Gasteiger partial charge in [-0.3, -0.25) is 19.0 Å². The summed E-state index contributed by atoms with van der Waals surface area (Å²) in [5.74, 6) is -0.603. The van der Waals surface area contributed by atoms with Crippen molar-refractivity contribution >= 4 is 40.2 Å². The molecule has 0 fully saturated rings. The Morgan fingerprint density at radius 3 is 2.29 bits per heavy atom. The van der Waals surface area contributed by atoms with Crippen molar-refractivity contribution in [3.63, 3.8) is 0 Å². The number of para-hydroxylation sites is 2. The Balaban J connectivity index is 1.72. The zero-order chi connectivity index (χ0) is 25.1. The lowest BCUT2D eigenvalue weighted by atomic mass is 10.0. The largest absolute Gasteiger partial charge is 0.366 e. The van der Waals surface area contributed by atoms with Crippen LogP contribution in [-0.4, -0.2) is 26.6 Å². The second-order valence-electron chi connectivity index (χ2n) is 8.46. The van der Waals surface area contributed by atoms with Crippen molar-refractivity contribution in [1.82, 2.24) is 9.55 Å². The molecular weight excluding hydrogens is 460 g/mol. The van der Waals surface area contributed by atoms with E-state index in [0.717, 1.165) is 11.3 Å². The van der Waals surface area contributed by atoms with Crippen LogP contribution in [-0.2, 0) is 4.79 Å². The summed E-state index contributed by atoms with van der Waals surface area (Å²) in [4.78, 5) is 42.6. The number of thioether (sulfide) groups is 1. The summed E-state index contributed by atoms with van der Waals surface area (Å²) in [6.07, 6.45) is 0.